The first-order valence-corrected chi connectivity index (χ1v) is 11.4. The average Bonchev–Trinajstić information content (AvgIpc) is 3.01. The Morgan fingerprint density at radius 3 is 2.48 bits per heavy atom. The number of nitrogens with zero attached hydrogens (tertiary/aromatic N) is 1. The molecular weight excluding hydrogens is 453 g/mol. The molecular formula is C24H19Cl2NO3S. The number of halogens is 2. The quantitative estimate of drug-likeness (QED) is 0.357. The molecule has 0 N–H and O–H groups in total. The summed E-state index contributed by atoms with van der Waals surface area (Å²) < 4.78 is 5.95. The summed E-state index contributed by atoms with van der Waals surface area (Å²) >= 11 is 13.8. The van der Waals surface area contributed by atoms with Gasteiger partial charge in [0.1, 0.15) is 6.61 Å². The zero-order chi connectivity index (χ0) is 22.0. The topological polar surface area (TPSA) is 46.6 Å². The molecule has 1 saturated heterocycles. The second-order valence-corrected chi connectivity index (χ2v) is 8.88. The highest BCUT2D eigenvalue weighted by molar-refractivity contribution is 8.18. The minimum absolute atomic E-state index is 0.259. The van der Waals surface area contributed by atoms with Crippen molar-refractivity contribution in [2.24, 2.45) is 0 Å². The van der Waals surface area contributed by atoms with E-state index < -0.39 is 0 Å². The number of thioether (sulfide) groups is 1. The van der Waals surface area contributed by atoms with E-state index in [1.54, 1.807) is 18.2 Å². The van der Waals surface area contributed by atoms with Gasteiger partial charge in [-0.3, -0.25) is 14.5 Å². The molecule has 0 aromatic heterocycles. The number of rotatable bonds is 6. The fourth-order valence-electron chi connectivity index (χ4n) is 3.44. The third kappa shape index (κ3) is 4.59. The Morgan fingerprint density at radius 1 is 1.03 bits per heavy atom. The Bertz CT molecular complexity index is 1180. The maximum atomic E-state index is 12.4. The Labute approximate surface area is 194 Å². The monoisotopic (exact) mass is 471 g/mol. The largest absolute Gasteiger partial charge is 0.486 e. The number of amides is 2. The van der Waals surface area contributed by atoms with E-state index in [1.165, 1.54) is 4.90 Å². The molecule has 4 rings (SSSR count). The molecule has 0 spiro atoms. The predicted molar refractivity (Wildman–Crippen MR) is 128 cm³/mol. The molecule has 1 aliphatic rings. The SMILES string of the molecule is CCCN1C(=O)S/C(=C/c2cc(Cl)c(OCc3cccc4ccccc34)c(Cl)c2)C1=O. The second-order valence-electron chi connectivity index (χ2n) is 7.07. The molecule has 1 fully saturated rings. The summed E-state index contributed by atoms with van der Waals surface area (Å²) in [6.07, 6.45) is 2.35. The van der Waals surface area contributed by atoms with E-state index >= 15 is 0 Å². The van der Waals surface area contributed by atoms with Crippen molar-refractivity contribution in [1.82, 2.24) is 4.90 Å². The summed E-state index contributed by atoms with van der Waals surface area (Å²) in [5, 5.41) is 2.66. The molecule has 4 nitrogen and oxygen atoms in total. The molecule has 158 valence electrons. The third-order valence-electron chi connectivity index (χ3n) is 4.89. The molecule has 0 bridgehead atoms. The smallest absolute Gasteiger partial charge is 0.293 e. The molecule has 3 aromatic rings. The van der Waals surface area contributed by atoms with E-state index in [0.717, 1.165) is 28.1 Å². The number of ether oxygens (including phenoxy) is 1. The van der Waals surface area contributed by atoms with Crippen LogP contribution in [0.25, 0.3) is 16.8 Å². The molecule has 2 amide bonds. The number of carbonyl (C=O) groups excluding carboxylic acids is 2. The van der Waals surface area contributed by atoms with Gasteiger partial charge in [-0.1, -0.05) is 72.6 Å². The molecule has 0 aliphatic carbocycles. The van der Waals surface area contributed by atoms with Gasteiger partial charge >= 0.3 is 0 Å². The van der Waals surface area contributed by atoms with Gasteiger partial charge < -0.3 is 4.74 Å². The normalized spacial score (nSPS) is 15.3. The van der Waals surface area contributed by atoms with Gasteiger partial charge in [0.25, 0.3) is 11.1 Å². The molecule has 0 atom stereocenters. The van der Waals surface area contributed by atoms with Gasteiger partial charge in [0.05, 0.1) is 15.0 Å². The maximum absolute atomic E-state index is 12.4. The van der Waals surface area contributed by atoms with Crippen molar-refractivity contribution in [3.05, 3.63) is 80.7 Å². The first-order chi connectivity index (χ1) is 15.0. The van der Waals surface area contributed by atoms with E-state index in [1.807, 2.05) is 37.3 Å². The standard InChI is InChI=1S/C24H19Cl2NO3S/c1-2-10-27-23(28)21(31-24(27)29)13-15-11-19(25)22(20(26)12-15)30-14-17-8-5-7-16-6-3-4-9-18(16)17/h3-9,11-13H,2,10,14H2,1H3/b21-13+. The summed E-state index contributed by atoms with van der Waals surface area (Å²) in [5.74, 6) is 0.0906. The molecule has 7 heteroatoms. The lowest BCUT2D eigenvalue weighted by Gasteiger charge is -2.13. The maximum Gasteiger partial charge on any atom is 0.293 e. The van der Waals surface area contributed by atoms with Crippen molar-refractivity contribution >= 4 is 63.0 Å². The highest BCUT2D eigenvalue weighted by Gasteiger charge is 2.34. The molecule has 0 radical (unpaired) electrons. The Morgan fingerprint density at radius 2 is 1.74 bits per heavy atom. The number of carbonyl (C=O) groups is 2. The van der Waals surface area contributed by atoms with Gasteiger partial charge in [0.15, 0.2) is 5.75 Å². The predicted octanol–water partition coefficient (Wildman–Crippen LogP) is 7.17. The van der Waals surface area contributed by atoms with Crippen LogP contribution >= 0.6 is 35.0 Å². The molecule has 1 heterocycles. The van der Waals surface area contributed by atoms with Crippen LogP contribution < -0.4 is 4.74 Å². The zero-order valence-electron chi connectivity index (χ0n) is 16.7. The van der Waals surface area contributed by atoms with Crippen LogP contribution in [-0.4, -0.2) is 22.6 Å². The summed E-state index contributed by atoms with van der Waals surface area (Å²) in [7, 11) is 0. The van der Waals surface area contributed by atoms with Crippen LogP contribution in [0.1, 0.15) is 24.5 Å². The van der Waals surface area contributed by atoms with Crippen LogP contribution in [0.4, 0.5) is 4.79 Å². The Hall–Kier alpha value is -2.47. The van der Waals surface area contributed by atoms with Crippen molar-refractivity contribution in [1.29, 1.82) is 0 Å². The van der Waals surface area contributed by atoms with Crippen LogP contribution in [0.3, 0.4) is 0 Å². The molecule has 3 aromatic carbocycles. The van der Waals surface area contributed by atoms with Crippen LogP contribution in [0.15, 0.2) is 59.5 Å². The van der Waals surface area contributed by atoms with Gasteiger partial charge in [-0.15, -0.1) is 0 Å². The average molecular weight is 472 g/mol. The highest BCUT2D eigenvalue weighted by Crippen LogP contribution is 2.38. The fraction of sp³-hybridized carbons (Fsp3) is 0.167. The van der Waals surface area contributed by atoms with E-state index in [0.29, 0.717) is 45.8 Å². The van der Waals surface area contributed by atoms with Gasteiger partial charge in [0, 0.05) is 6.54 Å². The van der Waals surface area contributed by atoms with Gasteiger partial charge in [-0.2, -0.15) is 0 Å². The number of imide groups is 1. The van der Waals surface area contributed by atoms with Crippen molar-refractivity contribution < 1.29 is 14.3 Å². The lowest BCUT2D eigenvalue weighted by atomic mass is 10.1. The fourth-order valence-corrected chi connectivity index (χ4v) is 4.91. The molecule has 31 heavy (non-hydrogen) atoms. The minimum Gasteiger partial charge on any atom is -0.486 e. The first kappa shape index (κ1) is 21.8. The molecule has 0 saturated carbocycles. The summed E-state index contributed by atoms with van der Waals surface area (Å²) in [4.78, 5) is 26.1. The van der Waals surface area contributed by atoms with Crippen LogP contribution in [0.5, 0.6) is 5.75 Å². The van der Waals surface area contributed by atoms with Crippen molar-refractivity contribution in [3.8, 4) is 5.75 Å². The van der Waals surface area contributed by atoms with Crippen molar-refractivity contribution in [3.63, 3.8) is 0 Å². The second kappa shape index (κ2) is 9.35. The summed E-state index contributed by atoms with van der Waals surface area (Å²) in [6, 6.07) is 17.5. The lowest BCUT2D eigenvalue weighted by molar-refractivity contribution is -0.122. The summed E-state index contributed by atoms with van der Waals surface area (Å²) in [6.45, 7) is 2.64. The van der Waals surface area contributed by atoms with Crippen LogP contribution in [0.2, 0.25) is 10.0 Å². The van der Waals surface area contributed by atoms with E-state index in [9.17, 15) is 9.59 Å². The van der Waals surface area contributed by atoms with E-state index in [4.69, 9.17) is 27.9 Å². The van der Waals surface area contributed by atoms with Gasteiger partial charge in [-0.25, -0.2) is 0 Å². The Balaban J connectivity index is 1.55. The van der Waals surface area contributed by atoms with Crippen LogP contribution in [-0.2, 0) is 11.4 Å². The minimum atomic E-state index is -0.291. The molecule has 1 aliphatic heterocycles. The zero-order valence-corrected chi connectivity index (χ0v) is 19.1. The number of hydrogen-bond donors (Lipinski definition) is 0. The van der Waals surface area contributed by atoms with Crippen LogP contribution in [0, 0.1) is 0 Å². The number of benzene rings is 3. The number of hydrogen-bond acceptors (Lipinski definition) is 4. The van der Waals surface area contributed by atoms with E-state index in [-0.39, 0.29) is 11.1 Å². The van der Waals surface area contributed by atoms with Crippen molar-refractivity contribution in [2.75, 3.05) is 6.54 Å². The first-order valence-electron chi connectivity index (χ1n) is 9.81. The van der Waals surface area contributed by atoms with Gasteiger partial charge in [0.2, 0.25) is 0 Å². The van der Waals surface area contributed by atoms with Crippen molar-refractivity contribution in [2.45, 2.75) is 20.0 Å². The number of fused-ring (bicyclic) bond motifs is 1. The third-order valence-corrected chi connectivity index (χ3v) is 6.36. The highest BCUT2D eigenvalue weighted by atomic mass is 35.5. The molecule has 0 unspecified atom stereocenters. The Kier molecular flexibility index (Phi) is 6.56. The van der Waals surface area contributed by atoms with Gasteiger partial charge in [-0.05, 0) is 58.3 Å². The van der Waals surface area contributed by atoms with E-state index in [2.05, 4.69) is 12.1 Å². The summed E-state index contributed by atoms with van der Waals surface area (Å²) in [5.41, 5.74) is 1.66. The lowest BCUT2D eigenvalue weighted by Crippen LogP contribution is -2.28.